The molecule has 5 heteroatoms. The number of hydrogen-bond acceptors (Lipinski definition) is 4. The second kappa shape index (κ2) is 6.57. The van der Waals surface area contributed by atoms with Crippen LogP contribution in [0, 0.1) is 11.3 Å². The lowest BCUT2D eigenvalue weighted by atomic mass is 9.82. The standard InChI is InChI=1S/C15H26N2O3/c1-3-15(7-8-16-11-15)14(19)17-9-5-12(6-10-17)13(18)20-4-2/h12,16H,3-11H2,1-2H3. The Morgan fingerprint density at radius 3 is 2.50 bits per heavy atom. The number of nitrogens with zero attached hydrogens (tertiary/aromatic N) is 1. The van der Waals surface area contributed by atoms with Crippen LogP contribution in [-0.4, -0.2) is 49.6 Å². The topological polar surface area (TPSA) is 58.6 Å². The fraction of sp³-hybridized carbons (Fsp3) is 0.867. The van der Waals surface area contributed by atoms with Crippen LogP contribution in [0.4, 0.5) is 0 Å². The summed E-state index contributed by atoms with van der Waals surface area (Å²) in [7, 11) is 0. The van der Waals surface area contributed by atoms with Gasteiger partial charge in [0.25, 0.3) is 0 Å². The van der Waals surface area contributed by atoms with Gasteiger partial charge in [-0.3, -0.25) is 9.59 Å². The maximum absolute atomic E-state index is 12.7. The van der Waals surface area contributed by atoms with Gasteiger partial charge in [-0.15, -0.1) is 0 Å². The van der Waals surface area contributed by atoms with Crippen molar-refractivity contribution in [1.82, 2.24) is 10.2 Å². The van der Waals surface area contributed by atoms with Gasteiger partial charge in [0.15, 0.2) is 0 Å². The van der Waals surface area contributed by atoms with Gasteiger partial charge in [0.05, 0.1) is 17.9 Å². The van der Waals surface area contributed by atoms with Crippen LogP contribution in [-0.2, 0) is 14.3 Å². The van der Waals surface area contributed by atoms with Crippen LogP contribution in [0.25, 0.3) is 0 Å². The molecular formula is C15H26N2O3. The van der Waals surface area contributed by atoms with Gasteiger partial charge in [-0.25, -0.2) is 0 Å². The first-order chi connectivity index (χ1) is 9.63. The van der Waals surface area contributed by atoms with Crippen molar-refractivity contribution < 1.29 is 14.3 Å². The van der Waals surface area contributed by atoms with Crippen molar-refractivity contribution in [3.8, 4) is 0 Å². The molecule has 0 radical (unpaired) electrons. The van der Waals surface area contributed by atoms with Gasteiger partial charge in [-0.2, -0.15) is 0 Å². The number of ether oxygens (including phenoxy) is 1. The molecule has 2 aliphatic heterocycles. The molecule has 2 saturated heterocycles. The van der Waals surface area contributed by atoms with E-state index in [4.69, 9.17) is 4.74 Å². The molecule has 1 amide bonds. The fourth-order valence-corrected chi connectivity index (χ4v) is 3.29. The Labute approximate surface area is 121 Å². The lowest BCUT2D eigenvalue weighted by Gasteiger charge is -2.37. The molecule has 0 aromatic rings. The Hall–Kier alpha value is -1.10. The third-order valence-electron chi connectivity index (χ3n) is 4.78. The maximum Gasteiger partial charge on any atom is 0.309 e. The molecule has 1 atom stereocenters. The summed E-state index contributed by atoms with van der Waals surface area (Å²) in [6.45, 7) is 7.45. The van der Waals surface area contributed by atoms with Crippen LogP contribution >= 0.6 is 0 Å². The third kappa shape index (κ3) is 2.97. The first-order valence-electron chi connectivity index (χ1n) is 7.79. The SMILES string of the molecule is CCOC(=O)C1CCN(C(=O)C2(CC)CCNC2)CC1. The second-order valence-electron chi connectivity index (χ2n) is 5.88. The zero-order chi connectivity index (χ0) is 14.6. The molecule has 0 aromatic carbocycles. The Kier molecular flexibility index (Phi) is 5.02. The van der Waals surface area contributed by atoms with E-state index >= 15 is 0 Å². The van der Waals surface area contributed by atoms with Crippen molar-refractivity contribution in [3.05, 3.63) is 0 Å². The minimum absolute atomic E-state index is 0.0294. The van der Waals surface area contributed by atoms with Crippen molar-refractivity contribution in [2.75, 3.05) is 32.8 Å². The normalized spacial score (nSPS) is 27.6. The molecule has 1 N–H and O–H groups in total. The molecule has 0 aromatic heterocycles. The molecule has 2 aliphatic rings. The van der Waals surface area contributed by atoms with Gasteiger partial charge < -0.3 is 15.0 Å². The molecule has 0 aliphatic carbocycles. The van der Waals surface area contributed by atoms with Crippen LogP contribution in [0.5, 0.6) is 0 Å². The molecular weight excluding hydrogens is 256 g/mol. The highest BCUT2D eigenvalue weighted by Gasteiger charge is 2.43. The number of carbonyl (C=O) groups is 2. The summed E-state index contributed by atoms with van der Waals surface area (Å²) in [5.74, 6) is 0.137. The quantitative estimate of drug-likeness (QED) is 0.787. The number of esters is 1. The van der Waals surface area contributed by atoms with E-state index in [1.807, 2.05) is 11.8 Å². The zero-order valence-corrected chi connectivity index (χ0v) is 12.6. The van der Waals surface area contributed by atoms with Crippen molar-refractivity contribution in [2.45, 2.75) is 39.5 Å². The van der Waals surface area contributed by atoms with E-state index in [1.165, 1.54) is 0 Å². The van der Waals surface area contributed by atoms with E-state index in [-0.39, 0.29) is 23.2 Å². The molecule has 5 nitrogen and oxygen atoms in total. The summed E-state index contributed by atoms with van der Waals surface area (Å²) in [6, 6.07) is 0. The highest BCUT2D eigenvalue weighted by atomic mass is 16.5. The Balaban J connectivity index is 1.90. The maximum atomic E-state index is 12.7. The molecule has 2 heterocycles. The second-order valence-corrected chi connectivity index (χ2v) is 5.88. The van der Waals surface area contributed by atoms with Crippen LogP contribution < -0.4 is 5.32 Å². The predicted molar refractivity (Wildman–Crippen MR) is 76.1 cm³/mol. The van der Waals surface area contributed by atoms with Gasteiger partial charge in [-0.1, -0.05) is 6.92 Å². The van der Waals surface area contributed by atoms with Crippen molar-refractivity contribution >= 4 is 11.9 Å². The van der Waals surface area contributed by atoms with Gasteiger partial charge in [0.1, 0.15) is 0 Å². The average molecular weight is 282 g/mol. The molecule has 1 unspecified atom stereocenters. The van der Waals surface area contributed by atoms with E-state index in [0.29, 0.717) is 19.7 Å². The van der Waals surface area contributed by atoms with E-state index in [0.717, 1.165) is 38.8 Å². The minimum Gasteiger partial charge on any atom is -0.466 e. The molecule has 20 heavy (non-hydrogen) atoms. The van der Waals surface area contributed by atoms with Gasteiger partial charge in [0, 0.05) is 19.6 Å². The van der Waals surface area contributed by atoms with E-state index in [2.05, 4.69) is 12.2 Å². The van der Waals surface area contributed by atoms with E-state index in [9.17, 15) is 9.59 Å². The predicted octanol–water partition coefficient (Wildman–Crippen LogP) is 1.18. The van der Waals surface area contributed by atoms with Crippen LogP contribution in [0.1, 0.15) is 39.5 Å². The number of piperidine rings is 1. The van der Waals surface area contributed by atoms with Gasteiger partial charge >= 0.3 is 5.97 Å². The zero-order valence-electron chi connectivity index (χ0n) is 12.6. The lowest BCUT2D eigenvalue weighted by molar-refractivity contribution is -0.153. The third-order valence-corrected chi connectivity index (χ3v) is 4.78. The number of rotatable bonds is 4. The summed E-state index contributed by atoms with van der Waals surface area (Å²) >= 11 is 0. The summed E-state index contributed by atoms with van der Waals surface area (Å²) in [5, 5.41) is 3.31. The van der Waals surface area contributed by atoms with Gasteiger partial charge in [-0.05, 0) is 39.2 Å². The number of carbonyl (C=O) groups excluding carboxylic acids is 2. The number of amides is 1. The minimum atomic E-state index is -0.212. The molecule has 2 rings (SSSR count). The molecule has 2 fully saturated rings. The summed E-state index contributed by atoms with van der Waals surface area (Å²) < 4.78 is 5.07. The molecule has 0 bridgehead atoms. The summed E-state index contributed by atoms with van der Waals surface area (Å²) in [5.41, 5.74) is -0.212. The Morgan fingerprint density at radius 2 is 2.00 bits per heavy atom. The Bertz CT molecular complexity index is 356. The van der Waals surface area contributed by atoms with E-state index < -0.39 is 0 Å². The van der Waals surface area contributed by atoms with Crippen molar-refractivity contribution in [2.24, 2.45) is 11.3 Å². The smallest absolute Gasteiger partial charge is 0.309 e. The highest BCUT2D eigenvalue weighted by Crippen LogP contribution is 2.33. The monoisotopic (exact) mass is 282 g/mol. The van der Waals surface area contributed by atoms with Crippen LogP contribution in [0.3, 0.4) is 0 Å². The van der Waals surface area contributed by atoms with E-state index in [1.54, 1.807) is 0 Å². The molecule has 114 valence electrons. The van der Waals surface area contributed by atoms with Crippen LogP contribution in [0.2, 0.25) is 0 Å². The average Bonchev–Trinajstić information content (AvgIpc) is 2.97. The van der Waals surface area contributed by atoms with Crippen molar-refractivity contribution in [3.63, 3.8) is 0 Å². The first-order valence-corrected chi connectivity index (χ1v) is 7.79. The Morgan fingerprint density at radius 1 is 1.30 bits per heavy atom. The number of hydrogen-bond donors (Lipinski definition) is 1. The van der Waals surface area contributed by atoms with Crippen LogP contribution in [0.15, 0.2) is 0 Å². The lowest BCUT2D eigenvalue weighted by Crippen LogP contribution is -2.49. The summed E-state index contributed by atoms with van der Waals surface area (Å²) in [4.78, 5) is 26.4. The molecule has 0 spiro atoms. The number of likely N-dealkylation sites (tertiary alicyclic amines) is 1. The molecule has 0 saturated carbocycles. The van der Waals surface area contributed by atoms with Crippen molar-refractivity contribution in [1.29, 1.82) is 0 Å². The number of nitrogens with one attached hydrogen (secondary N) is 1. The fourth-order valence-electron chi connectivity index (χ4n) is 3.29. The largest absolute Gasteiger partial charge is 0.466 e. The first kappa shape index (κ1) is 15.3. The highest BCUT2D eigenvalue weighted by molar-refractivity contribution is 5.84. The van der Waals surface area contributed by atoms with Gasteiger partial charge in [0.2, 0.25) is 5.91 Å². The summed E-state index contributed by atoms with van der Waals surface area (Å²) in [6.07, 6.45) is 3.28.